The Hall–Kier alpha value is -3.55. The number of aromatic nitrogens is 3. The first-order chi connectivity index (χ1) is 16.5. The van der Waals surface area contributed by atoms with E-state index in [1.165, 1.54) is 11.2 Å². The molecule has 2 aromatic heterocycles. The van der Waals surface area contributed by atoms with Crippen LogP contribution in [-0.2, 0) is 10.2 Å². The maximum absolute atomic E-state index is 14.2. The summed E-state index contributed by atoms with van der Waals surface area (Å²) in [7, 11) is 0. The number of carboxylic acids is 1. The number of hydrogen-bond acceptors (Lipinski definition) is 6. The monoisotopic (exact) mass is 476 g/mol. The maximum atomic E-state index is 14.2. The average Bonchev–Trinajstić information content (AvgIpc) is 3.45. The highest BCUT2D eigenvalue weighted by atomic mass is 16.5. The molecular weight excluding hydrogens is 444 g/mol. The molecule has 0 radical (unpaired) electrons. The fourth-order valence-corrected chi connectivity index (χ4v) is 5.18. The first-order valence-corrected chi connectivity index (χ1v) is 11.9. The zero-order valence-electron chi connectivity index (χ0n) is 20.8. The number of carboxylic acid groups (broad SMARTS) is 1. The number of carbonyl (C=O) groups excluding carboxylic acids is 1. The van der Waals surface area contributed by atoms with Crippen LogP contribution in [0, 0.1) is 5.92 Å². The van der Waals surface area contributed by atoms with E-state index in [0.29, 0.717) is 17.1 Å². The van der Waals surface area contributed by atoms with Crippen molar-refractivity contribution in [2.24, 2.45) is 5.92 Å². The minimum atomic E-state index is -1.46. The number of pyridine rings is 1. The van der Waals surface area contributed by atoms with Gasteiger partial charge in [-0.1, -0.05) is 58.0 Å². The van der Waals surface area contributed by atoms with E-state index in [1.807, 2.05) is 38.1 Å². The number of hydrogen-bond donors (Lipinski definition) is 1. The Bertz CT molecular complexity index is 1170. The van der Waals surface area contributed by atoms with Gasteiger partial charge in [0.25, 0.3) is 5.91 Å². The molecule has 35 heavy (non-hydrogen) atoms. The normalized spacial score (nSPS) is 22.5. The third-order valence-corrected chi connectivity index (χ3v) is 6.73. The van der Waals surface area contributed by atoms with Gasteiger partial charge in [0.15, 0.2) is 6.33 Å². The second kappa shape index (κ2) is 9.24. The van der Waals surface area contributed by atoms with E-state index < -0.39 is 23.5 Å². The Morgan fingerprint density at radius 2 is 1.86 bits per heavy atom. The van der Waals surface area contributed by atoms with Gasteiger partial charge in [-0.25, -0.2) is 4.79 Å². The Labute approximate surface area is 205 Å². The first-order valence-electron chi connectivity index (χ1n) is 11.9. The molecular formula is C27H32N4O4. The lowest BCUT2D eigenvalue weighted by Crippen LogP contribution is -2.54. The lowest BCUT2D eigenvalue weighted by atomic mass is 9.83. The fourth-order valence-electron chi connectivity index (χ4n) is 5.18. The minimum Gasteiger partial charge on any atom is -0.479 e. The third-order valence-electron chi connectivity index (χ3n) is 6.73. The molecule has 8 heteroatoms. The summed E-state index contributed by atoms with van der Waals surface area (Å²) >= 11 is 0. The van der Waals surface area contributed by atoms with Gasteiger partial charge in [0.2, 0.25) is 5.89 Å². The molecule has 1 saturated heterocycles. The van der Waals surface area contributed by atoms with Crippen LogP contribution in [0.25, 0.3) is 0 Å². The van der Waals surface area contributed by atoms with E-state index in [-0.39, 0.29) is 30.1 Å². The van der Waals surface area contributed by atoms with Crippen LogP contribution >= 0.6 is 0 Å². The van der Waals surface area contributed by atoms with E-state index >= 15 is 0 Å². The summed E-state index contributed by atoms with van der Waals surface area (Å²) < 4.78 is 5.41. The predicted octanol–water partition coefficient (Wildman–Crippen LogP) is 5.00. The number of amides is 1. The van der Waals surface area contributed by atoms with Crippen molar-refractivity contribution >= 4 is 11.9 Å². The van der Waals surface area contributed by atoms with Gasteiger partial charge >= 0.3 is 5.97 Å². The van der Waals surface area contributed by atoms with Gasteiger partial charge in [0, 0.05) is 11.8 Å². The molecule has 1 amide bonds. The second-order valence-corrected chi connectivity index (χ2v) is 10.7. The van der Waals surface area contributed by atoms with Gasteiger partial charge in [-0.3, -0.25) is 9.78 Å². The van der Waals surface area contributed by atoms with Crippen molar-refractivity contribution in [3.8, 4) is 0 Å². The van der Waals surface area contributed by atoms with Crippen LogP contribution in [0.4, 0.5) is 0 Å². The molecule has 1 aromatic carbocycles. The van der Waals surface area contributed by atoms with Crippen molar-refractivity contribution in [3.05, 3.63) is 77.7 Å². The molecule has 3 atom stereocenters. The lowest BCUT2D eigenvalue weighted by Gasteiger charge is -2.39. The summed E-state index contributed by atoms with van der Waals surface area (Å²) in [6, 6.07) is 12.2. The Morgan fingerprint density at radius 3 is 2.37 bits per heavy atom. The number of nitrogens with zero attached hydrogens (tertiary/aromatic N) is 4. The molecule has 3 aromatic rings. The summed E-state index contributed by atoms with van der Waals surface area (Å²) in [5.41, 5.74) is 0.570. The van der Waals surface area contributed by atoms with Crippen LogP contribution in [0.3, 0.4) is 0 Å². The molecule has 0 saturated carbocycles. The highest BCUT2D eigenvalue weighted by Crippen LogP contribution is 2.53. The molecule has 1 aliphatic rings. The largest absolute Gasteiger partial charge is 0.479 e. The zero-order chi connectivity index (χ0) is 25.4. The van der Waals surface area contributed by atoms with Crippen molar-refractivity contribution in [2.45, 2.75) is 70.4 Å². The van der Waals surface area contributed by atoms with Gasteiger partial charge in [-0.15, -0.1) is 0 Å². The standard InChI is InChI=1S/C27H32N4O4/c1-17(2)14-27(25(33)34)15-20(23-29-16-30-35-23)22(21-8-6-7-13-28-21)31(27)24(32)18-9-11-19(12-10-18)26(3,4)5/h6-13,16-17,20,22H,14-15H2,1-5H3,(H,33,34)/t20-,22-,27+/m1/s1. The minimum absolute atomic E-state index is 0.0236. The Morgan fingerprint density at radius 1 is 1.14 bits per heavy atom. The molecule has 4 rings (SSSR count). The molecule has 1 fully saturated rings. The molecule has 0 unspecified atom stereocenters. The van der Waals surface area contributed by atoms with Crippen molar-refractivity contribution in [2.75, 3.05) is 0 Å². The van der Waals surface area contributed by atoms with Crippen LogP contribution < -0.4 is 0 Å². The average molecular weight is 477 g/mol. The van der Waals surface area contributed by atoms with E-state index in [0.717, 1.165) is 5.56 Å². The van der Waals surface area contributed by atoms with E-state index in [2.05, 4.69) is 35.9 Å². The van der Waals surface area contributed by atoms with Gasteiger partial charge in [0.1, 0.15) is 5.54 Å². The van der Waals surface area contributed by atoms with E-state index in [4.69, 9.17) is 4.52 Å². The Kier molecular flexibility index (Phi) is 6.49. The third kappa shape index (κ3) is 4.57. The summed E-state index contributed by atoms with van der Waals surface area (Å²) in [6.07, 6.45) is 3.37. The first kappa shape index (κ1) is 24.6. The van der Waals surface area contributed by atoms with Crippen molar-refractivity contribution in [1.82, 2.24) is 20.0 Å². The maximum Gasteiger partial charge on any atom is 0.329 e. The number of likely N-dealkylation sites (tertiary alicyclic amines) is 1. The topological polar surface area (TPSA) is 109 Å². The van der Waals surface area contributed by atoms with Crippen LogP contribution in [0.1, 0.15) is 86.9 Å². The van der Waals surface area contributed by atoms with Gasteiger partial charge in [-0.2, -0.15) is 4.98 Å². The van der Waals surface area contributed by atoms with E-state index in [1.54, 1.807) is 24.4 Å². The summed E-state index contributed by atoms with van der Waals surface area (Å²) in [5, 5.41) is 14.4. The van der Waals surface area contributed by atoms with Crippen LogP contribution in [-0.4, -0.2) is 42.5 Å². The zero-order valence-corrected chi connectivity index (χ0v) is 20.8. The summed E-state index contributed by atoms with van der Waals surface area (Å²) in [4.78, 5) is 37.5. The SMILES string of the molecule is CC(C)C[C@@]1(C(=O)O)C[C@@H](c2ncno2)[C@H](c2ccccn2)N1C(=O)c1ccc(C(C)(C)C)cc1. The summed E-state index contributed by atoms with van der Waals surface area (Å²) in [6.45, 7) is 10.2. The smallest absolute Gasteiger partial charge is 0.329 e. The lowest BCUT2D eigenvalue weighted by molar-refractivity contribution is -0.150. The number of aliphatic carboxylic acids is 1. The highest BCUT2D eigenvalue weighted by molar-refractivity contribution is 5.99. The van der Waals surface area contributed by atoms with Crippen LogP contribution in [0.15, 0.2) is 59.5 Å². The fraction of sp³-hybridized carbons (Fsp3) is 0.444. The molecule has 184 valence electrons. The van der Waals surface area contributed by atoms with E-state index in [9.17, 15) is 14.7 Å². The number of carbonyl (C=O) groups is 2. The van der Waals surface area contributed by atoms with Gasteiger partial charge < -0.3 is 14.5 Å². The molecule has 0 spiro atoms. The molecule has 3 heterocycles. The van der Waals surface area contributed by atoms with Gasteiger partial charge in [0.05, 0.1) is 17.7 Å². The van der Waals surface area contributed by atoms with Crippen molar-refractivity contribution in [3.63, 3.8) is 0 Å². The predicted molar refractivity (Wildman–Crippen MR) is 130 cm³/mol. The van der Waals surface area contributed by atoms with Crippen molar-refractivity contribution < 1.29 is 19.2 Å². The Balaban J connectivity index is 1.90. The van der Waals surface area contributed by atoms with Crippen molar-refractivity contribution in [1.29, 1.82) is 0 Å². The quantitative estimate of drug-likeness (QED) is 0.533. The number of benzene rings is 1. The molecule has 0 bridgehead atoms. The number of rotatable bonds is 6. The second-order valence-electron chi connectivity index (χ2n) is 10.7. The van der Waals surface area contributed by atoms with Gasteiger partial charge in [-0.05, 0) is 54.0 Å². The molecule has 1 N–H and O–H groups in total. The molecule has 8 nitrogen and oxygen atoms in total. The van der Waals surface area contributed by atoms with Crippen LogP contribution in [0.5, 0.6) is 0 Å². The highest BCUT2D eigenvalue weighted by Gasteiger charge is 2.60. The van der Waals surface area contributed by atoms with Crippen LogP contribution in [0.2, 0.25) is 0 Å². The molecule has 1 aliphatic heterocycles. The summed E-state index contributed by atoms with van der Waals surface area (Å²) in [5.74, 6) is -1.59. The molecule has 0 aliphatic carbocycles.